The number of aromatic nitrogens is 2. The van der Waals surface area contributed by atoms with Gasteiger partial charge in [0.2, 0.25) is 0 Å². The number of hydrogen-bond acceptors (Lipinski definition) is 4. The summed E-state index contributed by atoms with van der Waals surface area (Å²) in [5.74, 6) is 1.44. The molecule has 4 heteroatoms. The van der Waals surface area contributed by atoms with Crippen molar-refractivity contribution in [3.8, 4) is 6.07 Å². The highest BCUT2D eigenvalue weighted by atomic mass is 15.3. The molecule has 0 amide bonds. The van der Waals surface area contributed by atoms with Gasteiger partial charge >= 0.3 is 0 Å². The second kappa shape index (κ2) is 6.21. The van der Waals surface area contributed by atoms with Gasteiger partial charge < -0.3 is 4.90 Å². The Labute approximate surface area is 121 Å². The standard InChI is InChI=1S/C16H24N4/c1-5-13-14(9-17)16(19-18-15(13)6-2)20-10-11(3)7-8-12(20)4/h11-12H,5-8,10H2,1-4H3. The molecule has 4 nitrogen and oxygen atoms in total. The maximum absolute atomic E-state index is 9.59. The van der Waals surface area contributed by atoms with E-state index >= 15 is 0 Å². The highest BCUT2D eigenvalue weighted by molar-refractivity contribution is 5.58. The SMILES string of the molecule is CCc1nnc(N2CC(C)CCC2C)c(C#N)c1CC. The fraction of sp³-hybridized carbons (Fsp3) is 0.688. The highest BCUT2D eigenvalue weighted by Crippen LogP contribution is 2.30. The van der Waals surface area contributed by atoms with Crippen LogP contribution in [0.25, 0.3) is 0 Å². The number of anilines is 1. The predicted molar refractivity (Wildman–Crippen MR) is 80.7 cm³/mol. The Kier molecular flexibility index (Phi) is 4.59. The second-order valence-electron chi connectivity index (χ2n) is 5.83. The van der Waals surface area contributed by atoms with E-state index in [0.717, 1.165) is 48.4 Å². The number of hydrogen-bond donors (Lipinski definition) is 0. The van der Waals surface area contributed by atoms with E-state index in [1.54, 1.807) is 0 Å². The first kappa shape index (κ1) is 14.8. The zero-order chi connectivity index (χ0) is 14.7. The van der Waals surface area contributed by atoms with Gasteiger partial charge in [0.25, 0.3) is 0 Å². The zero-order valence-electron chi connectivity index (χ0n) is 13.0. The van der Waals surface area contributed by atoms with Gasteiger partial charge in [-0.05, 0) is 44.1 Å². The minimum absolute atomic E-state index is 0.435. The molecule has 108 valence electrons. The molecule has 0 aliphatic carbocycles. The fourth-order valence-corrected chi connectivity index (χ4v) is 3.06. The Hall–Kier alpha value is -1.63. The van der Waals surface area contributed by atoms with Gasteiger partial charge in [-0.2, -0.15) is 10.4 Å². The molecule has 1 fully saturated rings. The first-order chi connectivity index (χ1) is 9.62. The summed E-state index contributed by atoms with van der Waals surface area (Å²) in [5, 5.41) is 18.3. The van der Waals surface area contributed by atoms with E-state index in [0.29, 0.717) is 12.0 Å². The van der Waals surface area contributed by atoms with Crippen molar-refractivity contribution in [1.82, 2.24) is 10.2 Å². The van der Waals surface area contributed by atoms with Crippen LogP contribution in [-0.2, 0) is 12.8 Å². The molecule has 0 radical (unpaired) electrons. The normalized spacial score (nSPS) is 22.6. The minimum atomic E-state index is 0.435. The topological polar surface area (TPSA) is 52.8 Å². The molecule has 0 N–H and O–H groups in total. The first-order valence-electron chi connectivity index (χ1n) is 7.67. The van der Waals surface area contributed by atoms with Crippen molar-refractivity contribution in [2.75, 3.05) is 11.4 Å². The van der Waals surface area contributed by atoms with Crippen LogP contribution in [0.4, 0.5) is 5.82 Å². The van der Waals surface area contributed by atoms with Crippen molar-refractivity contribution < 1.29 is 0 Å². The van der Waals surface area contributed by atoms with Gasteiger partial charge in [-0.3, -0.25) is 0 Å². The molecule has 2 unspecified atom stereocenters. The molecule has 0 aromatic carbocycles. The average Bonchev–Trinajstić information content (AvgIpc) is 2.47. The van der Waals surface area contributed by atoms with Crippen molar-refractivity contribution in [3.05, 3.63) is 16.8 Å². The lowest BCUT2D eigenvalue weighted by atomic mass is 9.94. The molecule has 0 bridgehead atoms. The number of rotatable bonds is 3. The summed E-state index contributed by atoms with van der Waals surface area (Å²) in [7, 11) is 0. The molecular formula is C16H24N4. The smallest absolute Gasteiger partial charge is 0.169 e. The van der Waals surface area contributed by atoms with E-state index in [9.17, 15) is 5.26 Å². The lowest BCUT2D eigenvalue weighted by Crippen LogP contribution is -2.42. The van der Waals surface area contributed by atoms with E-state index < -0.39 is 0 Å². The van der Waals surface area contributed by atoms with Crippen LogP contribution in [0.15, 0.2) is 0 Å². The number of aryl methyl sites for hydroxylation is 1. The van der Waals surface area contributed by atoms with Crippen LogP contribution in [-0.4, -0.2) is 22.8 Å². The van der Waals surface area contributed by atoms with E-state index in [1.165, 1.54) is 6.42 Å². The lowest BCUT2D eigenvalue weighted by Gasteiger charge is -2.38. The average molecular weight is 272 g/mol. The molecule has 1 aromatic rings. The molecule has 2 heterocycles. The van der Waals surface area contributed by atoms with E-state index in [1.807, 2.05) is 0 Å². The van der Waals surface area contributed by atoms with Crippen molar-refractivity contribution >= 4 is 5.82 Å². The summed E-state index contributed by atoms with van der Waals surface area (Å²) >= 11 is 0. The van der Waals surface area contributed by atoms with Crippen LogP contribution in [0, 0.1) is 17.2 Å². The van der Waals surface area contributed by atoms with Gasteiger partial charge in [0.15, 0.2) is 5.82 Å². The van der Waals surface area contributed by atoms with Gasteiger partial charge in [-0.15, -0.1) is 5.10 Å². The molecule has 1 aliphatic heterocycles. The molecule has 0 spiro atoms. The van der Waals surface area contributed by atoms with Gasteiger partial charge in [0.1, 0.15) is 11.6 Å². The van der Waals surface area contributed by atoms with Crippen molar-refractivity contribution in [3.63, 3.8) is 0 Å². The Morgan fingerprint density at radius 2 is 1.95 bits per heavy atom. The van der Waals surface area contributed by atoms with Gasteiger partial charge in [0.05, 0.1) is 5.69 Å². The lowest BCUT2D eigenvalue weighted by molar-refractivity contribution is 0.387. The molecule has 1 saturated heterocycles. The number of piperidine rings is 1. The zero-order valence-corrected chi connectivity index (χ0v) is 13.0. The van der Waals surface area contributed by atoms with Crippen LogP contribution in [0.5, 0.6) is 0 Å². The van der Waals surface area contributed by atoms with E-state index in [2.05, 4.69) is 48.9 Å². The minimum Gasteiger partial charge on any atom is -0.351 e. The molecular weight excluding hydrogens is 248 g/mol. The largest absolute Gasteiger partial charge is 0.351 e. The monoisotopic (exact) mass is 272 g/mol. The quantitative estimate of drug-likeness (QED) is 0.848. The summed E-state index contributed by atoms with van der Waals surface area (Å²) in [4.78, 5) is 2.28. The van der Waals surface area contributed by atoms with Crippen LogP contribution in [0.2, 0.25) is 0 Å². The summed E-state index contributed by atoms with van der Waals surface area (Å²) in [6.45, 7) is 9.60. The van der Waals surface area contributed by atoms with Crippen LogP contribution < -0.4 is 4.90 Å². The van der Waals surface area contributed by atoms with Crippen LogP contribution in [0.1, 0.15) is 57.4 Å². The Morgan fingerprint density at radius 1 is 1.20 bits per heavy atom. The Bertz CT molecular complexity index is 518. The third-order valence-electron chi connectivity index (χ3n) is 4.33. The third-order valence-corrected chi connectivity index (χ3v) is 4.33. The van der Waals surface area contributed by atoms with Crippen molar-refractivity contribution in [2.24, 2.45) is 5.92 Å². The number of nitriles is 1. The summed E-state index contributed by atoms with van der Waals surface area (Å²) in [5.41, 5.74) is 2.77. The predicted octanol–water partition coefficient (Wildman–Crippen LogP) is 3.10. The maximum Gasteiger partial charge on any atom is 0.169 e. The summed E-state index contributed by atoms with van der Waals surface area (Å²) < 4.78 is 0. The second-order valence-corrected chi connectivity index (χ2v) is 5.83. The molecule has 2 rings (SSSR count). The Morgan fingerprint density at radius 3 is 2.55 bits per heavy atom. The summed E-state index contributed by atoms with van der Waals surface area (Å²) in [6, 6.07) is 2.81. The molecule has 2 atom stereocenters. The van der Waals surface area contributed by atoms with Crippen molar-refractivity contribution in [2.45, 2.75) is 59.4 Å². The van der Waals surface area contributed by atoms with Crippen molar-refractivity contribution in [1.29, 1.82) is 5.26 Å². The number of nitrogens with zero attached hydrogens (tertiary/aromatic N) is 4. The fourth-order valence-electron chi connectivity index (χ4n) is 3.06. The molecule has 1 aliphatic rings. The van der Waals surface area contributed by atoms with Crippen LogP contribution >= 0.6 is 0 Å². The van der Waals surface area contributed by atoms with Gasteiger partial charge in [-0.1, -0.05) is 20.8 Å². The Balaban J connectivity index is 2.48. The maximum atomic E-state index is 9.59. The van der Waals surface area contributed by atoms with E-state index in [4.69, 9.17) is 0 Å². The highest BCUT2D eigenvalue weighted by Gasteiger charge is 2.27. The summed E-state index contributed by atoms with van der Waals surface area (Å²) in [6.07, 6.45) is 4.08. The molecule has 0 saturated carbocycles. The van der Waals surface area contributed by atoms with Crippen LogP contribution in [0.3, 0.4) is 0 Å². The van der Waals surface area contributed by atoms with E-state index in [-0.39, 0.29) is 0 Å². The molecule has 20 heavy (non-hydrogen) atoms. The van der Waals surface area contributed by atoms with Gasteiger partial charge in [0, 0.05) is 12.6 Å². The van der Waals surface area contributed by atoms with Gasteiger partial charge in [-0.25, -0.2) is 0 Å². The first-order valence-corrected chi connectivity index (χ1v) is 7.67. The third kappa shape index (κ3) is 2.63. The molecule has 1 aromatic heterocycles.